The van der Waals surface area contributed by atoms with Crippen LogP contribution in [0.5, 0.6) is 0 Å². The van der Waals surface area contributed by atoms with Gasteiger partial charge < -0.3 is 10.0 Å². The molecule has 0 atom stereocenters. The molecule has 0 unspecified atom stereocenters. The summed E-state index contributed by atoms with van der Waals surface area (Å²) >= 11 is 0. The van der Waals surface area contributed by atoms with Gasteiger partial charge in [-0.3, -0.25) is 4.79 Å². The molecule has 0 fully saturated rings. The smallest absolute Gasteiger partial charge is 0.423 e. The number of hydrogen-bond acceptors (Lipinski definition) is 3. The first-order valence-corrected chi connectivity index (χ1v) is 4.73. The molecule has 15 heavy (non-hydrogen) atoms. The quantitative estimate of drug-likeness (QED) is 0.425. The second kappa shape index (κ2) is 15.4. The molecule has 86 valence electrons. The average molecular weight is 212 g/mol. The summed E-state index contributed by atoms with van der Waals surface area (Å²) in [6.45, 7) is 15.4. The van der Waals surface area contributed by atoms with Gasteiger partial charge in [0.05, 0.1) is 0 Å². The van der Waals surface area contributed by atoms with Gasteiger partial charge >= 0.3 is 7.12 Å². The van der Waals surface area contributed by atoms with E-state index in [0.29, 0.717) is 6.42 Å². The summed E-state index contributed by atoms with van der Waals surface area (Å²) in [5, 5.41) is 16.4. The molecule has 0 saturated heterocycles. The van der Waals surface area contributed by atoms with Gasteiger partial charge in [0.25, 0.3) is 0 Å². The van der Waals surface area contributed by atoms with Crippen LogP contribution in [-0.4, -0.2) is 22.9 Å². The molecule has 0 aromatic carbocycles. The van der Waals surface area contributed by atoms with Gasteiger partial charge in [0.2, 0.25) is 0 Å². The molecule has 0 aromatic heterocycles. The summed E-state index contributed by atoms with van der Waals surface area (Å²) in [5.41, 5.74) is 0.222. The highest BCUT2D eigenvalue weighted by Crippen LogP contribution is 1.89. The Labute approximate surface area is 93.0 Å². The normalized spacial score (nSPS) is 7.00. The Bertz CT molecular complexity index is 198. The Balaban J connectivity index is -0.000000166. The van der Waals surface area contributed by atoms with E-state index in [1.807, 2.05) is 13.8 Å². The standard InChI is InChI=1S/C5H8O.C4H7BO2.C2H6/c1-3-4-5(2)6;1-3-4(2)5(6)7;1-2/h3H,1,4H2,2H3;3,6-7H,1-2H2;1-2H3. The van der Waals surface area contributed by atoms with Crippen LogP contribution in [0.4, 0.5) is 0 Å². The van der Waals surface area contributed by atoms with Gasteiger partial charge in [-0.1, -0.05) is 39.2 Å². The van der Waals surface area contributed by atoms with Crippen LogP contribution in [0, 0.1) is 0 Å². The van der Waals surface area contributed by atoms with Crippen molar-refractivity contribution in [2.75, 3.05) is 0 Å². The highest BCUT2D eigenvalue weighted by Gasteiger charge is 2.06. The molecule has 0 spiro atoms. The van der Waals surface area contributed by atoms with Gasteiger partial charge in [-0.2, -0.15) is 0 Å². The lowest BCUT2D eigenvalue weighted by atomic mass is 9.81. The van der Waals surface area contributed by atoms with E-state index in [4.69, 9.17) is 10.0 Å². The molecule has 0 aliphatic carbocycles. The minimum atomic E-state index is -1.45. The van der Waals surface area contributed by atoms with Crippen molar-refractivity contribution in [3.63, 3.8) is 0 Å². The lowest BCUT2D eigenvalue weighted by Crippen LogP contribution is -2.11. The maximum atomic E-state index is 9.97. The number of carbonyl (C=O) groups is 1. The van der Waals surface area contributed by atoms with E-state index in [9.17, 15) is 4.79 Å². The Kier molecular flexibility index (Phi) is 19.9. The van der Waals surface area contributed by atoms with Gasteiger partial charge in [-0.05, 0) is 12.4 Å². The number of ketones is 1. The van der Waals surface area contributed by atoms with Crippen LogP contribution in [-0.2, 0) is 4.79 Å². The van der Waals surface area contributed by atoms with E-state index in [1.165, 1.54) is 6.08 Å². The lowest BCUT2D eigenvalue weighted by Gasteiger charge is -1.90. The van der Waals surface area contributed by atoms with Crippen molar-refractivity contribution in [3.05, 3.63) is 37.4 Å². The molecule has 2 N–H and O–H groups in total. The molecule has 0 amide bonds. The maximum Gasteiger partial charge on any atom is 0.487 e. The number of allylic oxidation sites excluding steroid dienone is 3. The predicted octanol–water partition coefficient (Wildman–Crippen LogP) is 1.92. The van der Waals surface area contributed by atoms with Crippen molar-refractivity contribution in [1.29, 1.82) is 0 Å². The minimum absolute atomic E-state index is 0.171. The van der Waals surface area contributed by atoms with Crippen molar-refractivity contribution in [1.82, 2.24) is 0 Å². The second-order valence-electron chi connectivity index (χ2n) is 2.35. The molecule has 0 rings (SSSR count). The fraction of sp³-hybridized carbons (Fsp3) is 0.364. The van der Waals surface area contributed by atoms with Crippen molar-refractivity contribution in [2.24, 2.45) is 0 Å². The zero-order chi connectivity index (χ0) is 12.9. The van der Waals surface area contributed by atoms with Crippen LogP contribution >= 0.6 is 0 Å². The summed E-state index contributed by atoms with van der Waals surface area (Å²) in [6, 6.07) is 0. The zero-order valence-corrected chi connectivity index (χ0v) is 9.86. The summed E-state index contributed by atoms with van der Waals surface area (Å²) in [6.07, 6.45) is 3.40. The zero-order valence-electron chi connectivity index (χ0n) is 9.86. The van der Waals surface area contributed by atoms with E-state index in [1.54, 1.807) is 13.0 Å². The van der Waals surface area contributed by atoms with Crippen LogP contribution in [0.25, 0.3) is 0 Å². The van der Waals surface area contributed by atoms with E-state index in [2.05, 4.69) is 19.7 Å². The molecular weight excluding hydrogens is 191 g/mol. The first-order chi connectivity index (χ1) is 6.95. The van der Waals surface area contributed by atoms with Crippen molar-refractivity contribution >= 4 is 12.9 Å². The third-order valence-corrected chi connectivity index (χ3v) is 1.03. The van der Waals surface area contributed by atoms with Crippen molar-refractivity contribution in [3.8, 4) is 0 Å². The summed E-state index contributed by atoms with van der Waals surface area (Å²) in [4.78, 5) is 9.97. The van der Waals surface area contributed by atoms with Gasteiger partial charge in [0.1, 0.15) is 5.78 Å². The van der Waals surface area contributed by atoms with Gasteiger partial charge in [0, 0.05) is 6.42 Å². The molecule has 4 heteroatoms. The molecule has 0 aliphatic heterocycles. The van der Waals surface area contributed by atoms with Gasteiger partial charge in [-0.15, -0.1) is 6.58 Å². The van der Waals surface area contributed by atoms with Gasteiger partial charge in [-0.25, -0.2) is 0 Å². The first-order valence-electron chi connectivity index (χ1n) is 4.73. The van der Waals surface area contributed by atoms with Crippen LogP contribution in [0.1, 0.15) is 27.2 Å². The molecule has 0 aromatic rings. The third-order valence-electron chi connectivity index (χ3n) is 1.03. The third kappa shape index (κ3) is 24.6. The number of Topliss-reactive ketones (excluding diaryl/α,β-unsaturated/α-hetero) is 1. The molecule has 3 nitrogen and oxygen atoms in total. The summed E-state index contributed by atoms with van der Waals surface area (Å²) in [5.74, 6) is 0.171. The van der Waals surface area contributed by atoms with E-state index in [0.717, 1.165) is 0 Å². The summed E-state index contributed by atoms with van der Waals surface area (Å²) in [7, 11) is -1.45. The van der Waals surface area contributed by atoms with Crippen LogP contribution in [0.2, 0.25) is 0 Å². The van der Waals surface area contributed by atoms with Crippen LogP contribution in [0.15, 0.2) is 37.4 Å². The monoisotopic (exact) mass is 212 g/mol. The van der Waals surface area contributed by atoms with Crippen LogP contribution < -0.4 is 0 Å². The van der Waals surface area contributed by atoms with Gasteiger partial charge in [0.15, 0.2) is 0 Å². The lowest BCUT2D eigenvalue weighted by molar-refractivity contribution is -0.116. The molecule has 0 bridgehead atoms. The molecular formula is C11H21BO3. The van der Waals surface area contributed by atoms with Crippen LogP contribution in [0.3, 0.4) is 0 Å². The number of rotatable bonds is 4. The van der Waals surface area contributed by atoms with Crippen molar-refractivity contribution in [2.45, 2.75) is 27.2 Å². The number of carbonyl (C=O) groups excluding carboxylic acids is 1. The topological polar surface area (TPSA) is 57.5 Å². The SMILES string of the molecule is C=CC(=C)B(O)O.C=CCC(C)=O.CC. The fourth-order valence-corrected chi connectivity index (χ4v) is 0.309. The minimum Gasteiger partial charge on any atom is -0.423 e. The molecule has 0 radical (unpaired) electrons. The summed E-state index contributed by atoms with van der Waals surface area (Å²) < 4.78 is 0. The van der Waals surface area contributed by atoms with E-state index in [-0.39, 0.29) is 11.3 Å². The highest BCUT2D eigenvalue weighted by atomic mass is 16.4. The Morgan fingerprint density at radius 3 is 1.73 bits per heavy atom. The number of hydrogen-bond donors (Lipinski definition) is 2. The molecule has 0 aliphatic rings. The average Bonchev–Trinajstić information content (AvgIpc) is 2.20. The maximum absolute atomic E-state index is 9.97. The van der Waals surface area contributed by atoms with E-state index >= 15 is 0 Å². The second-order valence-corrected chi connectivity index (χ2v) is 2.35. The Hall–Kier alpha value is -1.13. The Morgan fingerprint density at radius 2 is 1.73 bits per heavy atom. The Morgan fingerprint density at radius 1 is 1.33 bits per heavy atom. The fourth-order valence-electron chi connectivity index (χ4n) is 0.309. The largest absolute Gasteiger partial charge is 0.487 e. The highest BCUT2D eigenvalue weighted by molar-refractivity contribution is 6.51. The van der Waals surface area contributed by atoms with Crippen molar-refractivity contribution < 1.29 is 14.8 Å². The first kappa shape index (κ1) is 19.4. The molecule has 0 heterocycles. The predicted molar refractivity (Wildman–Crippen MR) is 66.4 cm³/mol. The molecule has 0 saturated carbocycles. The van der Waals surface area contributed by atoms with E-state index < -0.39 is 7.12 Å².